The summed E-state index contributed by atoms with van der Waals surface area (Å²) in [7, 11) is 0. The Bertz CT molecular complexity index is 340. The average Bonchev–Trinajstić information content (AvgIpc) is 1.97. The fraction of sp³-hybridized carbons (Fsp3) is 0.286. The van der Waals surface area contributed by atoms with Crippen molar-refractivity contribution in [3.8, 4) is 11.6 Å². The van der Waals surface area contributed by atoms with Crippen LogP contribution in [-0.2, 0) is 0 Å². The number of pyridine rings is 1. The number of H-pyrrole nitrogens is 1. The number of aromatic amines is 1. The maximum absolute atomic E-state index is 10.8. The Morgan fingerprint density at radius 3 is 2.27 bits per heavy atom. The largest absolute Gasteiger partial charge is 0.507 e. The van der Waals surface area contributed by atoms with Crippen LogP contribution in [0.2, 0.25) is 0 Å². The predicted octanol–water partition coefficient (Wildman–Crippen LogP) is 0.403. The molecule has 0 aliphatic carbocycles. The molecule has 0 spiro atoms. The first kappa shape index (κ1) is 7.65. The molecule has 0 aromatic carbocycles. The van der Waals surface area contributed by atoms with Gasteiger partial charge in [0.2, 0.25) is 0 Å². The van der Waals surface area contributed by atoms with E-state index in [-0.39, 0.29) is 17.2 Å². The van der Waals surface area contributed by atoms with Gasteiger partial charge in [-0.05, 0) is 13.8 Å². The summed E-state index contributed by atoms with van der Waals surface area (Å²) in [6.07, 6.45) is 0. The van der Waals surface area contributed by atoms with E-state index in [0.717, 1.165) is 0 Å². The normalized spacial score (nSPS) is 10.0. The Balaban J connectivity index is 3.59. The van der Waals surface area contributed by atoms with Gasteiger partial charge in [-0.15, -0.1) is 0 Å². The van der Waals surface area contributed by atoms with Crippen LogP contribution in [0.1, 0.15) is 11.1 Å². The maximum Gasteiger partial charge on any atom is 0.257 e. The summed E-state index contributed by atoms with van der Waals surface area (Å²) >= 11 is 0. The van der Waals surface area contributed by atoms with E-state index in [4.69, 9.17) is 5.11 Å². The zero-order valence-electron chi connectivity index (χ0n) is 6.30. The molecule has 1 heterocycles. The van der Waals surface area contributed by atoms with E-state index in [1.54, 1.807) is 0 Å². The van der Waals surface area contributed by atoms with Crippen LogP contribution in [0.4, 0.5) is 0 Å². The fourth-order valence-corrected chi connectivity index (χ4v) is 0.796. The van der Waals surface area contributed by atoms with Gasteiger partial charge in [0.05, 0.1) is 11.1 Å². The molecule has 60 valence electrons. The second-order valence-corrected chi connectivity index (χ2v) is 2.40. The average molecular weight is 155 g/mol. The van der Waals surface area contributed by atoms with Crippen molar-refractivity contribution < 1.29 is 10.2 Å². The Morgan fingerprint density at radius 1 is 1.18 bits per heavy atom. The lowest BCUT2D eigenvalue weighted by Crippen LogP contribution is -2.09. The SMILES string of the molecule is Cc1c(O)[nH]c(=O)c(C)c1O. The highest BCUT2D eigenvalue weighted by molar-refractivity contribution is 5.41. The Hall–Kier alpha value is -1.45. The topological polar surface area (TPSA) is 73.3 Å². The molecule has 0 atom stereocenters. The van der Waals surface area contributed by atoms with Crippen molar-refractivity contribution in [2.45, 2.75) is 13.8 Å². The molecular weight excluding hydrogens is 146 g/mol. The lowest BCUT2D eigenvalue weighted by atomic mass is 10.2. The molecule has 0 unspecified atom stereocenters. The minimum atomic E-state index is -0.467. The number of rotatable bonds is 0. The molecule has 4 heteroatoms. The first-order valence-electron chi connectivity index (χ1n) is 3.15. The summed E-state index contributed by atoms with van der Waals surface area (Å²) in [5, 5.41) is 18.2. The number of aromatic nitrogens is 1. The zero-order valence-corrected chi connectivity index (χ0v) is 6.30. The van der Waals surface area contributed by atoms with Gasteiger partial charge in [0.25, 0.3) is 5.56 Å². The second-order valence-electron chi connectivity index (χ2n) is 2.40. The Kier molecular flexibility index (Phi) is 1.60. The second kappa shape index (κ2) is 2.30. The smallest absolute Gasteiger partial charge is 0.257 e. The van der Waals surface area contributed by atoms with Crippen LogP contribution in [0.15, 0.2) is 4.79 Å². The predicted molar refractivity (Wildman–Crippen MR) is 39.9 cm³/mol. The Labute approximate surface area is 63.1 Å². The number of aromatic hydroxyl groups is 2. The van der Waals surface area contributed by atoms with E-state index in [1.807, 2.05) is 0 Å². The van der Waals surface area contributed by atoms with Crippen LogP contribution in [-0.4, -0.2) is 15.2 Å². The summed E-state index contributed by atoms with van der Waals surface area (Å²) in [6.45, 7) is 3.01. The summed E-state index contributed by atoms with van der Waals surface area (Å²) in [6, 6.07) is 0. The van der Waals surface area contributed by atoms with Crippen molar-refractivity contribution in [2.75, 3.05) is 0 Å². The van der Waals surface area contributed by atoms with Gasteiger partial charge in [0, 0.05) is 0 Å². The van der Waals surface area contributed by atoms with E-state index in [9.17, 15) is 9.90 Å². The van der Waals surface area contributed by atoms with E-state index >= 15 is 0 Å². The number of hydrogen-bond donors (Lipinski definition) is 3. The highest BCUT2D eigenvalue weighted by Crippen LogP contribution is 2.23. The number of nitrogens with one attached hydrogen (secondary N) is 1. The monoisotopic (exact) mass is 155 g/mol. The summed E-state index contributed by atoms with van der Waals surface area (Å²) < 4.78 is 0. The van der Waals surface area contributed by atoms with Gasteiger partial charge in [-0.3, -0.25) is 9.78 Å². The molecular formula is C7H9NO3. The van der Waals surface area contributed by atoms with Gasteiger partial charge in [0.1, 0.15) is 5.75 Å². The quantitative estimate of drug-likeness (QED) is 0.507. The van der Waals surface area contributed by atoms with Crippen molar-refractivity contribution in [3.05, 3.63) is 21.5 Å². The minimum absolute atomic E-state index is 0.147. The molecule has 0 fully saturated rings. The van der Waals surface area contributed by atoms with Crippen molar-refractivity contribution in [3.63, 3.8) is 0 Å². The van der Waals surface area contributed by atoms with Gasteiger partial charge in [0.15, 0.2) is 5.88 Å². The van der Waals surface area contributed by atoms with E-state index in [1.165, 1.54) is 13.8 Å². The third kappa shape index (κ3) is 1.07. The van der Waals surface area contributed by atoms with Gasteiger partial charge in [-0.25, -0.2) is 0 Å². The fourth-order valence-electron chi connectivity index (χ4n) is 0.796. The molecule has 0 radical (unpaired) electrons. The highest BCUT2D eigenvalue weighted by atomic mass is 16.3. The van der Waals surface area contributed by atoms with Gasteiger partial charge in [-0.2, -0.15) is 0 Å². The van der Waals surface area contributed by atoms with Crippen LogP contribution in [0.25, 0.3) is 0 Å². The lowest BCUT2D eigenvalue weighted by Gasteiger charge is -2.02. The van der Waals surface area contributed by atoms with E-state index in [2.05, 4.69) is 4.98 Å². The number of hydrogen-bond acceptors (Lipinski definition) is 3. The maximum atomic E-state index is 10.8. The van der Waals surface area contributed by atoms with Crippen molar-refractivity contribution in [2.24, 2.45) is 0 Å². The molecule has 0 aliphatic heterocycles. The van der Waals surface area contributed by atoms with Gasteiger partial charge >= 0.3 is 0 Å². The molecule has 1 aromatic heterocycles. The molecule has 0 amide bonds. The third-order valence-electron chi connectivity index (χ3n) is 1.64. The lowest BCUT2D eigenvalue weighted by molar-refractivity contribution is 0.423. The van der Waals surface area contributed by atoms with Gasteiger partial charge in [-0.1, -0.05) is 0 Å². The van der Waals surface area contributed by atoms with E-state index in [0.29, 0.717) is 5.56 Å². The van der Waals surface area contributed by atoms with Crippen LogP contribution in [0.5, 0.6) is 11.6 Å². The molecule has 0 aliphatic rings. The summed E-state index contributed by atoms with van der Waals surface area (Å²) in [5.41, 5.74) is 0.0491. The molecule has 1 rings (SSSR count). The van der Waals surface area contributed by atoms with Crippen molar-refractivity contribution in [1.82, 2.24) is 4.98 Å². The molecule has 1 aromatic rings. The van der Waals surface area contributed by atoms with E-state index < -0.39 is 5.56 Å². The molecule has 11 heavy (non-hydrogen) atoms. The van der Waals surface area contributed by atoms with Crippen LogP contribution in [0.3, 0.4) is 0 Å². The van der Waals surface area contributed by atoms with Crippen LogP contribution in [0, 0.1) is 13.8 Å². The molecule has 4 nitrogen and oxygen atoms in total. The molecule has 3 N–H and O–H groups in total. The third-order valence-corrected chi connectivity index (χ3v) is 1.64. The minimum Gasteiger partial charge on any atom is -0.507 e. The molecule has 0 saturated heterocycles. The highest BCUT2D eigenvalue weighted by Gasteiger charge is 2.08. The summed E-state index contributed by atoms with van der Waals surface area (Å²) in [5.74, 6) is -0.427. The Morgan fingerprint density at radius 2 is 1.73 bits per heavy atom. The zero-order chi connectivity index (χ0) is 8.59. The van der Waals surface area contributed by atoms with Crippen molar-refractivity contribution >= 4 is 0 Å². The molecule has 0 bridgehead atoms. The first-order chi connectivity index (χ1) is 5.04. The standard InChI is InChI=1S/C7H9NO3/c1-3-5(9)4(2)7(11)8-6(3)10/h1-2H3,(H3,8,9,10,11). The van der Waals surface area contributed by atoms with Gasteiger partial charge < -0.3 is 10.2 Å². The first-order valence-corrected chi connectivity index (χ1v) is 3.15. The van der Waals surface area contributed by atoms with Crippen LogP contribution >= 0.6 is 0 Å². The van der Waals surface area contributed by atoms with Crippen molar-refractivity contribution in [1.29, 1.82) is 0 Å². The molecule has 0 saturated carbocycles. The van der Waals surface area contributed by atoms with Crippen LogP contribution < -0.4 is 5.56 Å². The summed E-state index contributed by atoms with van der Waals surface area (Å²) in [4.78, 5) is 13.0.